The van der Waals surface area contributed by atoms with Crippen molar-refractivity contribution in [2.24, 2.45) is 0 Å². The number of carbonyl (C=O) groups is 1. The number of carbonyl (C=O) groups excluding carboxylic acids is 1. The first-order chi connectivity index (χ1) is 18.3. The van der Waals surface area contributed by atoms with E-state index >= 15 is 0 Å². The van der Waals surface area contributed by atoms with Gasteiger partial charge in [-0.3, -0.25) is 4.79 Å². The topological polar surface area (TPSA) is 108 Å². The predicted molar refractivity (Wildman–Crippen MR) is 167 cm³/mol. The van der Waals surface area contributed by atoms with Crippen LogP contribution in [0.4, 0.5) is 5.69 Å². The molecule has 4 rings (SSSR count). The Hall–Kier alpha value is -2.62. The maximum Gasteiger partial charge on any atom is 0.266 e. The summed E-state index contributed by atoms with van der Waals surface area (Å²) in [5.41, 5.74) is 5.03. The number of aliphatic hydroxyl groups excluding tert-OH is 1. The normalized spacial score (nSPS) is 14.3. The number of hydrogen-bond acceptors (Lipinski definition) is 6. The van der Waals surface area contributed by atoms with E-state index in [9.17, 15) is 18.3 Å². The average Bonchev–Trinajstić information content (AvgIpc) is 2.91. The Morgan fingerprint density at radius 2 is 1.57 bits per heavy atom. The molecule has 0 aromatic heterocycles. The Labute approximate surface area is 250 Å². The van der Waals surface area contributed by atoms with Crippen LogP contribution in [0.25, 0.3) is 11.1 Å². The fourth-order valence-corrected chi connectivity index (χ4v) is 5.31. The highest BCUT2D eigenvalue weighted by Crippen LogP contribution is 2.29. The molecule has 0 unspecified atom stereocenters. The Bertz CT molecular complexity index is 1320. The minimum Gasteiger partial charge on any atom is -0.387 e. The maximum absolute atomic E-state index is 12.7. The molecule has 3 aromatic rings. The van der Waals surface area contributed by atoms with Gasteiger partial charge in [0.15, 0.2) is 0 Å². The molecular formula is C30H39Cl2N3O4S. The van der Waals surface area contributed by atoms with Crippen molar-refractivity contribution in [2.75, 3.05) is 24.7 Å². The third-order valence-corrected chi connectivity index (χ3v) is 7.46. The van der Waals surface area contributed by atoms with Crippen LogP contribution < -0.4 is 15.4 Å². The molecule has 1 atom stereocenters. The van der Waals surface area contributed by atoms with Crippen molar-refractivity contribution in [1.29, 1.82) is 0 Å². The molecule has 10 heteroatoms. The van der Waals surface area contributed by atoms with Crippen LogP contribution in [0.3, 0.4) is 0 Å². The van der Waals surface area contributed by atoms with Crippen LogP contribution in [-0.2, 0) is 16.4 Å². The molecule has 0 aliphatic heterocycles. The molecule has 0 bridgehead atoms. The van der Waals surface area contributed by atoms with Gasteiger partial charge in [-0.15, -0.1) is 24.8 Å². The number of hydrogen-bond donors (Lipinski definition) is 4. The highest BCUT2D eigenvalue weighted by molar-refractivity contribution is 7.89. The van der Waals surface area contributed by atoms with Crippen molar-refractivity contribution >= 4 is 46.4 Å². The van der Waals surface area contributed by atoms with Crippen molar-refractivity contribution in [3.8, 4) is 11.1 Å². The number of anilines is 1. The van der Waals surface area contributed by atoms with Gasteiger partial charge in [0.1, 0.15) is 0 Å². The zero-order valence-electron chi connectivity index (χ0n) is 22.6. The van der Waals surface area contributed by atoms with Gasteiger partial charge in [-0.05, 0) is 60.2 Å². The molecule has 1 fully saturated rings. The fourth-order valence-electron chi connectivity index (χ4n) is 4.86. The van der Waals surface area contributed by atoms with E-state index in [0.717, 1.165) is 61.6 Å². The van der Waals surface area contributed by atoms with Crippen LogP contribution in [0.15, 0.2) is 72.8 Å². The van der Waals surface area contributed by atoms with E-state index in [4.69, 9.17) is 0 Å². The summed E-state index contributed by atoms with van der Waals surface area (Å²) in [6.07, 6.45) is 6.85. The van der Waals surface area contributed by atoms with Crippen molar-refractivity contribution in [3.05, 3.63) is 89.5 Å². The minimum atomic E-state index is -3.66. The number of amides is 1. The SMILES string of the molecule is CS(=O)(=O)NC(=O)c1ccc(-c2ccc(CCNC[C@@H](O)c3ccccc3)cc2)cc1NC1CCCCC1.Cl.Cl. The lowest BCUT2D eigenvalue weighted by molar-refractivity contribution is 0.0982. The largest absolute Gasteiger partial charge is 0.387 e. The quantitative estimate of drug-likeness (QED) is 0.214. The van der Waals surface area contributed by atoms with Crippen molar-refractivity contribution < 1.29 is 18.3 Å². The summed E-state index contributed by atoms with van der Waals surface area (Å²) in [6, 6.07) is 23.7. The van der Waals surface area contributed by atoms with Gasteiger partial charge in [-0.1, -0.05) is 79.9 Å². The average molecular weight is 609 g/mol. The van der Waals surface area contributed by atoms with Crippen LogP contribution in [0, 0.1) is 0 Å². The lowest BCUT2D eigenvalue weighted by Crippen LogP contribution is -2.31. The summed E-state index contributed by atoms with van der Waals surface area (Å²) in [7, 11) is -3.66. The number of aliphatic hydroxyl groups is 1. The molecule has 218 valence electrons. The van der Waals surface area contributed by atoms with Crippen LogP contribution >= 0.6 is 24.8 Å². The molecule has 1 aliphatic carbocycles. The molecule has 0 radical (unpaired) electrons. The van der Waals surface area contributed by atoms with E-state index in [1.165, 1.54) is 12.0 Å². The monoisotopic (exact) mass is 607 g/mol. The Morgan fingerprint density at radius 3 is 2.23 bits per heavy atom. The van der Waals surface area contributed by atoms with Crippen molar-refractivity contribution in [2.45, 2.75) is 50.7 Å². The van der Waals surface area contributed by atoms with Gasteiger partial charge in [-0.25, -0.2) is 13.1 Å². The predicted octanol–water partition coefficient (Wildman–Crippen LogP) is 5.50. The van der Waals surface area contributed by atoms with E-state index in [2.05, 4.69) is 39.6 Å². The molecule has 0 heterocycles. The lowest BCUT2D eigenvalue weighted by Gasteiger charge is -2.25. The first-order valence-electron chi connectivity index (χ1n) is 13.2. The highest BCUT2D eigenvalue weighted by Gasteiger charge is 2.20. The van der Waals surface area contributed by atoms with E-state index in [-0.39, 0.29) is 30.9 Å². The van der Waals surface area contributed by atoms with Crippen LogP contribution in [0.2, 0.25) is 0 Å². The van der Waals surface area contributed by atoms with Crippen LogP contribution in [0.5, 0.6) is 0 Å². The minimum absolute atomic E-state index is 0. The molecule has 0 spiro atoms. The molecule has 3 aromatic carbocycles. The first kappa shape index (κ1) is 33.6. The third-order valence-electron chi connectivity index (χ3n) is 6.91. The summed E-state index contributed by atoms with van der Waals surface area (Å²) in [5.74, 6) is -0.627. The molecular weight excluding hydrogens is 569 g/mol. The third kappa shape index (κ3) is 10.1. The summed E-state index contributed by atoms with van der Waals surface area (Å²) in [6.45, 7) is 1.25. The Morgan fingerprint density at radius 1 is 0.925 bits per heavy atom. The van der Waals surface area contributed by atoms with Gasteiger partial charge in [-0.2, -0.15) is 0 Å². The van der Waals surface area contributed by atoms with Gasteiger partial charge in [0, 0.05) is 18.3 Å². The molecule has 1 amide bonds. The second kappa shape index (κ2) is 16.0. The summed E-state index contributed by atoms with van der Waals surface area (Å²) >= 11 is 0. The molecule has 7 nitrogen and oxygen atoms in total. The Balaban J connectivity index is 0.00000280. The number of nitrogens with one attached hydrogen (secondary N) is 3. The molecule has 4 N–H and O–H groups in total. The summed E-state index contributed by atoms with van der Waals surface area (Å²) in [4.78, 5) is 12.7. The fraction of sp³-hybridized carbons (Fsp3) is 0.367. The zero-order chi connectivity index (χ0) is 27.0. The number of halogens is 2. The smallest absolute Gasteiger partial charge is 0.266 e. The zero-order valence-corrected chi connectivity index (χ0v) is 25.1. The molecule has 0 saturated heterocycles. The highest BCUT2D eigenvalue weighted by atomic mass is 35.5. The second-order valence-electron chi connectivity index (χ2n) is 10.0. The van der Waals surface area contributed by atoms with Gasteiger partial charge in [0.2, 0.25) is 10.0 Å². The van der Waals surface area contributed by atoms with Crippen LogP contribution in [0.1, 0.15) is 59.7 Å². The summed E-state index contributed by atoms with van der Waals surface area (Å²) in [5, 5.41) is 17.1. The molecule has 1 aliphatic rings. The van der Waals surface area contributed by atoms with E-state index in [0.29, 0.717) is 17.8 Å². The molecule has 40 heavy (non-hydrogen) atoms. The van der Waals surface area contributed by atoms with Crippen molar-refractivity contribution in [1.82, 2.24) is 10.0 Å². The van der Waals surface area contributed by atoms with E-state index < -0.39 is 22.0 Å². The number of sulfonamides is 1. The van der Waals surface area contributed by atoms with Crippen LogP contribution in [-0.4, -0.2) is 44.8 Å². The number of rotatable bonds is 11. The summed E-state index contributed by atoms with van der Waals surface area (Å²) < 4.78 is 25.4. The first-order valence-corrected chi connectivity index (χ1v) is 15.1. The van der Waals surface area contributed by atoms with Gasteiger partial charge in [0.05, 0.1) is 17.9 Å². The van der Waals surface area contributed by atoms with Crippen molar-refractivity contribution in [3.63, 3.8) is 0 Å². The van der Waals surface area contributed by atoms with Gasteiger partial charge in [0.25, 0.3) is 5.91 Å². The standard InChI is InChI=1S/C30H37N3O4S.2ClH/c1-38(36,37)33-30(35)27-17-16-25(20-28(27)32-26-10-6-3-7-11-26)23-14-12-22(13-15-23)18-19-31-21-29(34)24-8-4-2-5-9-24;;/h2,4-5,8-9,12-17,20,26,29,31-32,34H,3,6-7,10-11,18-19,21H2,1H3,(H,33,35);2*1H/t29-;;/m1../s1. The lowest BCUT2D eigenvalue weighted by atomic mass is 9.94. The molecule has 1 saturated carbocycles. The van der Waals surface area contributed by atoms with E-state index in [1.54, 1.807) is 6.07 Å². The maximum atomic E-state index is 12.7. The van der Waals surface area contributed by atoms with Gasteiger partial charge >= 0.3 is 0 Å². The second-order valence-corrected chi connectivity index (χ2v) is 11.8. The van der Waals surface area contributed by atoms with E-state index in [1.807, 2.05) is 42.5 Å². The van der Waals surface area contributed by atoms with Gasteiger partial charge < -0.3 is 15.7 Å². The number of benzene rings is 3. The Kier molecular flexibility index (Phi) is 13.4.